The molecule has 3 aromatic rings. The second-order valence-corrected chi connectivity index (χ2v) is 5.94. The predicted octanol–water partition coefficient (Wildman–Crippen LogP) is 3.28. The van der Waals surface area contributed by atoms with Gasteiger partial charge in [-0.1, -0.05) is 17.7 Å². The van der Waals surface area contributed by atoms with Crippen molar-refractivity contribution in [2.45, 2.75) is 0 Å². The predicted molar refractivity (Wildman–Crippen MR) is 99.6 cm³/mol. The lowest BCUT2D eigenvalue weighted by Crippen LogP contribution is -2.41. The van der Waals surface area contributed by atoms with E-state index in [-0.39, 0.29) is 16.3 Å². The molecule has 2 amide bonds. The van der Waals surface area contributed by atoms with Crippen molar-refractivity contribution in [3.63, 3.8) is 0 Å². The SMILES string of the molecule is O=C(/C=C/c1c(F)cccc1Cl)NNC(=O)c1cncn1-c1ccc(F)cc1. The summed E-state index contributed by atoms with van der Waals surface area (Å²) in [4.78, 5) is 28.0. The quantitative estimate of drug-likeness (QED) is 0.519. The Labute approximate surface area is 163 Å². The molecular weight excluding hydrogens is 390 g/mol. The van der Waals surface area contributed by atoms with E-state index in [1.807, 2.05) is 0 Å². The van der Waals surface area contributed by atoms with Crippen molar-refractivity contribution in [3.8, 4) is 5.69 Å². The highest BCUT2D eigenvalue weighted by Crippen LogP contribution is 2.20. The molecule has 1 heterocycles. The summed E-state index contributed by atoms with van der Waals surface area (Å²) in [5.41, 5.74) is 5.09. The van der Waals surface area contributed by atoms with Crippen LogP contribution in [0.1, 0.15) is 16.1 Å². The maximum Gasteiger partial charge on any atom is 0.288 e. The Kier molecular flexibility index (Phi) is 5.81. The van der Waals surface area contributed by atoms with Gasteiger partial charge in [0.1, 0.15) is 17.3 Å². The van der Waals surface area contributed by atoms with Gasteiger partial charge in [0.2, 0.25) is 0 Å². The van der Waals surface area contributed by atoms with Crippen LogP contribution in [0.5, 0.6) is 0 Å². The summed E-state index contributed by atoms with van der Waals surface area (Å²) in [5, 5.41) is 0.149. The Morgan fingerprint density at radius 3 is 2.54 bits per heavy atom. The average molecular weight is 403 g/mol. The number of aromatic nitrogens is 2. The summed E-state index contributed by atoms with van der Waals surface area (Å²) < 4.78 is 28.1. The maximum absolute atomic E-state index is 13.7. The van der Waals surface area contributed by atoms with E-state index in [2.05, 4.69) is 15.8 Å². The molecule has 0 aliphatic heterocycles. The summed E-state index contributed by atoms with van der Waals surface area (Å²) >= 11 is 5.87. The highest BCUT2D eigenvalue weighted by Gasteiger charge is 2.13. The van der Waals surface area contributed by atoms with Crippen molar-refractivity contribution in [2.75, 3.05) is 0 Å². The number of carbonyl (C=O) groups excluding carboxylic acids is 2. The number of hydrogen-bond donors (Lipinski definition) is 2. The number of carbonyl (C=O) groups is 2. The highest BCUT2D eigenvalue weighted by atomic mass is 35.5. The van der Waals surface area contributed by atoms with E-state index in [1.54, 1.807) is 0 Å². The molecular formula is C19H13ClF2N4O2. The minimum atomic E-state index is -0.694. The van der Waals surface area contributed by atoms with Gasteiger partial charge in [-0.25, -0.2) is 13.8 Å². The molecule has 0 atom stereocenters. The van der Waals surface area contributed by atoms with E-state index in [0.717, 1.165) is 6.08 Å². The lowest BCUT2D eigenvalue weighted by atomic mass is 10.2. The van der Waals surface area contributed by atoms with Crippen molar-refractivity contribution >= 4 is 29.5 Å². The first-order chi connectivity index (χ1) is 13.5. The summed E-state index contributed by atoms with van der Waals surface area (Å²) in [6.07, 6.45) is 4.90. The monoisotopic (exact) mass is 402 g/mol. The number of nitrogens with one attached hydrogen (secondary N) is 2. The van der Waals surface area contributed by atoms with Crippen LogP contribution in [-0.4, -0.2) is 21.4 Å². The van der Waals surface area contributed by atoms with Gasteiger partial charge in [-0.2, -0.15) is 0 Å². The van der Waals surface area contributed by atoms with Crippen LogP contribution in [0.2, 0.25) is 5.02 Å². The number of hydrogen-bond acceptors (Lipinski definition) is 3. The molecule has 1 aromatic heterocycles. The Balaban J connectivity index is 1.65. The molecule has 0 saturated heterocycles. The molecule has 2 aromatic carbocycles. The zero-order valence-corrected chi connectivity index (χ0v) is 15.0. The molecule has 0 fully saturated rings. The Morgan fingerprint density at radius 1 is 1.07 bits per heavy atom. The van der Waals surface area contributed by atoms with E-state index in [4.69, 9.17) is 11.6 Å². The number of nitrogens with zero attached hydrogens (tertiary/aromatic N) is 2. The molecule has 0 aliphatic rings. The van der Waals surface area contributed by atoms with Gasteiger partial charge in [0.25, 0.3) is 11.8 Å². The van der Waals surface area contributed by atoms with Crippen molar-refractivity contribution < 1.29 is 18.4 Å². The molecule has 0 spiro atoms. The van der Waals surface area contributed by atoms with Gasteiger partial charge in [-0.05, 0) is 42.5 Å². The second-order valence-electron chi connectivity index (χ2n) is 5.54. The normalized spacial score (nSPS) is 10.8. The average Bonchev–Trinajstić information content (AvgIpc) is 3.16. The Morgan fingerprint density at radius 2 is 1.82 bits per heavy atom. The van der Waals surface area contributed by atoms with Crippen LogP contribution in [0.4, 0.5) is 8.78 Å². The summed E-state index contributed by atoms with van der Waals surface area (Å²) in [6, 6.07) is 9.59. The first-order valence-corrected chi connectivity index (χ1v) is 8.34. The first-order valence-electron chi connectivity index (χ1n) is 7.96. The summed E-state index contributed by atoms with van der Waals surface area (Å²) in [7, 11) is 0. The minimum Gasteiger partial charge on any atom is -0.295 e. The van der Waals surface area contributed by atoms with E-state index < -0.39 is 23.4 Å². The minimum absolute atomic E-state index is 0.0556. The molecule has 3 rings (SSSR count). The molecule has 0 bridgehead atoms. The maximum atomic E-state index is 13.7. The number of imidazole rings is 1. The number of halogens is 3. The molecule has 0 aliphatic carbocycles. The fourth-order valence-corrected chi connectivity index (χ4v) is 2.55. The fraction of sp³-hybridized carbons (Fsp3) is 0. The zero-order valence-electron chi connectivity index (χ0n) is 14.2. The van der Waals surface area contributed by atoms with Crippen LogP contribution in [-0.2, 0) is 4.79 Å². The van der Waals surface area contributed by atoms with Gasteiger partial charge in [0, 0.05) is 17.3 Å². The highest BCUT2D eigenvalue weighted by molar-refractivity contribution is 6.32. The van der Waals surface area contributed by atoms with Gasteiger partial charge in [-0.3, -0.25) is 25.0 Å². The zero-order chi connectivity index (χ0) is 20.1. The number of amides is 2. The third-order valence-corrected chi connectivity index (χ3v) is 4.01. The van der Waals surface area contributed by atoms with Crippen molar-refractivity contribution in [1.29, 1.82) is 0 Å². The molecule has 28 heavy (non-hydrogen) atoms. The first kappa shape index (κ1) is 19.2. The lowest BCUT2D eigenvalue weighted by molar-refractivity contribution is -0.117. The standard InChI is InChI=1S/C19H13ClF2N4O2/c20-15-2-1-3-16(22)14(15)8-9-18(27)24-25-19(28)17-10-23-11-26(17)13-6-4-12(21)5-7-13/h1-11H,(H,24,27)(H,25,28)/b9-8+. The van der Waals surface area contributed by atoms with E-state index >= 15 is 0 Å². The van der Waals surface area contributed by atoms with E-state index in [9.17, 15) is 18.4 Å². The van der Waals surface area contributed by atoms with Gasteiger partial charge in [-0.15, -0.1) is 0 Å². The van der Waals surface area contributed by atoms with Crippen LogP contribution >= 0.6 is 11.6 Å². The summed E-state index contributed by atoms with van der Waals surface area (Å²) in [5.74, 6) is -2.33. The summed E-state index contributed by atoms with van der Waals surface area (Å²) in [6.45, 7) is 0. The smallest absolute Gasteiger partial charge is 0.288 e. The third-order valence-electron chi connectivity index (χ3n) is 3.68. The topological polar surface area (TPSA) is 76.0 Å². The van der Waals surface area contributed by atoms with Crippen LogP contribution in [0.3, 0.4) is 0 Å². The molecule has 2 N–H and O–H groups in total. The molecule has 0 unspecified atom stereocenters. The molecule has 0 saturated carbocycles. The van der Waals surface area contributed by atoms with Gasteiger partial charge in [0.15, 0.2) is 0 Å². The Bertz CT molecular complexity index is 1030. The van der Waals surface area contributed by atoms with Crippen LogP contribution in [0.25, 0.3) is 11.8 Å². The van der Waals surface area contributed by atoms with Gasteiger partial charge in [0.05, 0.1) is 17.5 Å². The van der Waals surface area contributed by atoms with Gasteiger partial charge < -0.3 is 0 Å². The van der Waals surface area contributed by atoms with Crippen molar-refractivity contribution in [2.24, 2.45) is 0 Å². The lowest BCUT2D eigenvalue weighted by Gasteiger charge is -2.09. The molecule has 6 nitrogen and oxygen atoms in total. The van der Waals surface area contributed by atoms with Crippen LogP contribution in [0.15, 0.2) is 61.1 Å². The van der Waals surface area contributed by atoms with E-state index in [0.29, 0.717) is 5.69 Å². The van der Waals surface area contributed by atoms with Crippen molar-refractivity contribution in [1.82, 2.24) is 20.4 Å². The molecule has 0 radical (unpaired) electrons. The number of rotatable bonds is 4. The number of hydrazine groups is 1. The largest absolute Gasteiger partial charge is 0.295 e. The molecule has 9 heteroatoms. The fourth-order valence-electron chi connectivity index (χ4n) is 2.32. The Hall–Kier alpha value is -3.52. The third kappa shape index (κ3) is 4.41. The van der Waals surface area contributed by atoms with Crippen LogP contribution in [0, 0.1) is 11.6 Å². The van der Waals surface area contributed by atoms with Crippen LogP contribution < -0.4 is 10.9 Å². The second kappa shape index (κ2) is 8.45. The molecule has 142 valence electrons. The number of benzene rings is 2. The van der Waals surface area contributed by atoms with E-state index in [1.165, 1.54) is 65.6 Å². The van der Waals surface area contributed by atoms with Gasteiger partial charge >= 0.3 is 0 Å². The van der Waals surface area contributed by atoms with Crippen molar-refractivity contribution in [3.05, 3.63) is 89.0 Å².